The lowest BCUT2D eigenvalue weighted by molar-refractivity contribution is -0.138. The molecule has 0 radical (unpaired) electrons. The van der Waals surface area contributed by atoms with Crippen molar-refractivity contribution < 1.29 is 14.3 Å². The van der Waals surface area contributed by atoms with E-state index in [1.807, 2.05) is 6.92 Å². The van der Waals surface area contributed by atoms with Crippen LogP contribution in [0.3, 0.4) is 0 Å². The molecule has 3 N–H and O–H groups in total. The Bertz CT molecular complexity index is 371. The van der Waals surface area contributed by atoms with Crippen LogP contribution in [0.4, 0.5) is 10.1 Å². The van der Waals surface area contributed by atoms with E-state index < -0.39 is 12.0 Å². The molecule has 1 rings (SSSR count). The fourth-order valence-electron chi connectivity index (χ4n) is 1.41. The first-order chi connectivity index (χ1) is 7.54. The minimum atomic E-state index is -1.06. The summed E-state index contributed by atoms with van der Waals surface area (Å²) in [5, 5.41) is 8.70. The summed E-state index contributed by atoms with van der Waals surface area (Å²) in [5.41, 5.74) is 6.07. The Kier molecular flexibility index (Phi) is 4.25. The van der Waals surface area contributed by atoms with Gasteiger partial charge in [0.05, 0.1) is 0 Å². The Morgan fingerprint density at radius 1 is 1.62 bits per heavy atom. The average Bonchev–Trinajstić information content (AvgIpc) is 2.25. The molecule has 0 bridgehead atoms. The van der Waals surface area contributed by atoms with Crippen molar-refractivity contribution in [3.63, 3.8) is 0 Å². The maximum Gasteiger partial charge on any atom is 0.322 e. The fourth-order valence-corrected chi connectivity index (χ4v) is 1.41. The standard InChI is InChI=1S/C11H15FN2O2/c1-2-14(7-10(13)11(15)16)9-5-3-4-8(12)6-9/h3-6,10H,2,7,13H2,1H3,(H,15,16). The van der Waals surface area contributed by atoms with Crippen LogP contribution in [0.25, 0.3) is 0 Å². The second kappa shape index (κ2) is 5.46. The normalized spacial score (nSPS) is 12.2. The van der Waals surface area contributed by atoms with Gasteiger partial charge in [-0.2, -0.15) is 0 Å². The molecule has 0 aliphatic heterocycles. The summed E-state index contributed by atoms with van der Waals surface area (Å²) in [7, 11) is 0. The van der Waals surface area contributed by atoms with Crippen LogP contribution in [0, 0.1) is 5.82 Å². The number of rotatable bonds is 5. The van der Waals surface area contributed by atoms with Gasteiger partial charge in [-0.1, -0.05) is 6.07 Å². The molecule has 0 heterocycles. The molecule has 0 aliphatic carbocycles. The monoisotopic (exact) mass is 226 g/mol. The molecule has 0 aliphatic rings. The number of hydrogen-bond donors (Lipinski definition) is 2. The van der Waals surface area contributed by atoms with Crippen LogP contribution in [0.1, 0.15) is 6.92 Å². The number of halogens is 1. The van der Waals surface area contributed by atoms with Gasteiger partial charge in [0.25, 0.3) is 0 Å². The molecule has 0 spiro atoms. The zero-order valence-corrected chi connectivity index (χ0v) is 9.06. The number of likely N-dealkylation sites (N-methyl/N-ethyl adjacent to an activating group) is 1. The molecule has 5 heteroatoms. The zero-order chi connectivity index (χ0) is 12.1. The van der Waals surface area contributed by atoms with Gasteiger partial charge in [-0.15, -0.1) is 0 Å². The third kappa shape index (κ3) is 3.20. The van der Waals surface area contributed by atoms with Crippen LogP contribution in [-0.4, -0.2) is 30.2 Å². The summed E-state index contributed by atoms with van der Waals surface area (Å²) < 4.78 is 13.0. The predicted octanol–water partition coefficient (Wildman–Crippen LogP) is 1.06. The van der Waals surface area contributed by atoms with Crippen molar-refractivity contribution in [2.75, 3.05) is 18.0 Å². The Balaban J connectivity index is 2.78. The number of nitrogens with zero attached hydrogens (tertiary/aromatic N) is 1. The van der Waals surface area contributed by atoms with Crippen molar-refractivity contribution >= 4 is 11.7 Å². The molecule has 88 valence electrons. The van der Waals surface area contributed by atoms with E-state index in [0.717, 1.165) is 0 Å². The molecule has 1 aromatic rings. The molecular formula is C11H15FN2O2. The molecule has 0 amide bonds. The highest BCUT2D eigenvalue weighted by atomic mass is 19.1. The largest absolute Gasteiger partial charge is 0.480 e. The first-order valence-electron chi connectivity index (χ1n) is 5.03. The van der Waals surface area contributed by atoms with Gasteiger partial charge < -0.3 is 15.7 Å². The van der Waals surface area contributed by atoms with Crippen molar-refractivity contribution in [2.45, 2.75) is 13.0 Å². The summed E-state index contributed by atoms with van der Waals surface area (Å²) >= 11 is 0. The summed E-state index contributed by atoms with van der Waals surface area (Å²) in [6.45, 7) is 2.60. The minimum absolute atomic E-state index is 0.162. The van der Waals surface area contributed by atoms with Crippen molar-refractivity contribution in [1.29, 1.82) is 0 Å². The molecule has 1 atom stereocenters. The number of nitrogens with two attached hydrogens (primary N) is 1. The van der Waals surface area contributed by atoms with E-state index in [9.17, 15) is 9.18 Å². The van der Waals surface area contributed by atoms with E-state index >= 15 is 0 Å². The molecule has 16 heavy (non-hydrogen) atoms. The third-order valence-corrected chi connectivity index (χ3v) is 2.29. The van der Waals surface area contributed by atoms with Crippen molar-refractivity contribution in [1.82, 2.24) is 0 Å². The van der Waals surface area contributed by atoms with Crippen LogP contribution in [0.15, 0.2) is 24.3 Å². The van der Waals surface area contributed by atoms with Crippen molar-refractivity contribution in [3.8, 4) is 0 Å². The smallest absolute Gasteiger partial charge is 0.322 e. The van der Waals surface area contributed by atoms with E-state index in [0.29, 0.717) is 12.2 Å². The van der Waals surface area contributed by atoms with Gasteiger partial charge in [0, 0.05) is 18.8 Å². The van der Waals surface area contributed by atoms with Crippen LogP contribution >= 0.6 is 0 Å². The number of carbonyl (C=O) groups is 1. The Hall–Kier alpha value is -1.62. The SMILES string of the molecule is CCN(CC(N)C(=O)O)c1cccc(F)c1. The molecule has 1 unspecified atom stereocenters. The van der Waals surface area contributed by atoms with E-state index in [4.69, 9.17) is 10.8 Å². The quantitative estimate of drug-likeness (QED) is 0.788. The van der Waals surface area contributed by atoms with Gasteiger partial charge >= 0.3 is 5.97 Å². The lowest BCUT2D eigenvalue weighted by Gasteiger charge is -2.24. The van der Waals surface area contributed by atoms with Crippen molar-refractivity contribution in [2.24, 2.45) is 5.73 Å². The molecule has 0 aromatic heterocycles. The highest BCUT2D eigenvalue weighted by Crippen LogP contribution is 2.15. The number of anilines is 1. The van der Waals surface area contributed by atoms with Crippen LogP contribution in [0.5, 0.6) is 0 Å². The topological polar surface area (TPSA) is 66.6 Å². The first kappa shape index (κ1) is 12.4. The lowest BCUT2D eigenvalue weighted by atomic mass is 10.2. The van der Waals surface area contributed by atoms with Gasteiger partial charge in [-0.25, -0.2) is 4.39 Å². The zero-order valence-electron chi connectivity index (χ0n) is 9.06. The fraction of sp³-hybridized carbons (Fsp3) is 0.364. The Morgan fingerprint density at radius 2 is 2.31 bits per heavy atom. The molecule has 4 nitrogen and oxygen atoms in total. The second-order valence-electron chi connectivity index (χ2n) is 3.46. The molecule has 1 aromatic carbocycles. The van der Waals surface area contributed by atoms with Crippen LogP contribution in [-0.2, 0) is 4.79 Å². The van der Waals surface area contributed by atoms with Gasteiger partial charge in [0.2, 0.25) is 0 Å². The highest BCUT2D eigenvalue weighted by molar-refractivity contribution is 5.74. The summed E-state index contributed by atoms with van der Waals surface area (Å²) in [6.07, 6.45) is 0. The minimum Gasteiger partial charge on any atom is -0.480 e. The number of benzene rings is 1. The number of carboxylic acids is 1. The summed E-state index contributed by atoms with van der Waals surface area (Å²) in [4.78, 5) is 12.3. The average molecular weight is 226 g/mol. The number of aliphatic carboxylic acids is 1. The maximum absolute atomic E-state index is 13.0. The molecule has 0 saturated carbocycles. The second-order valence-corrected chi connectivity index (χ2v) is 3.46. The van der Waals surface area contributed by atoms with Crippen LogP contribution < -0.4 is 10.6 Å². The van der Waals surface area contributed by atoms with Gasteiger partial charge in [0.1, 0.15) is 11.9 Å². The van der Waals surface area contributed by atoms with Crippen LogP contribution in [0.2, 0.25) is 0 Å². The Labute approximate surface area is 93.5 Å². The summed E-state index contributed by atoms with van der Waals surface area (Å²) in [6, 6.07) is 5.04. The van der Waals surface area contributed by atoms with Gasteiger partial charge in [0.15, 0.2) is 0 Å². The third-order valence-electron chi connectivity index (χ3n) is 2.29. The van der Waals surface area contributed by atoms with E-state index in [2.05, 4.69) is 0 Å². The van der Waals surface area contributed by atoms with E-state index in [-0.39, 0.29) is 12.4 Å². The molecule has 0 fully saturated rings. The first-order valence-corrected chi connectivity index (χ1v) is 5.03. The summed E-state index contributed by atoms with van der Waals surface area (Å²) in [5.74, 6) is -1.41. The number of hydrogen-bond acceptors (Lipinski definition) is 3. The predicted molar refractivity (Wildman–Crippen MR) is 59.9 cm³/mol. The van der Waals surface area contributed by atoms with Crippen molar-refractivity contribution in [3.05, 3.63) is 30.1 Å². The van der Waals surface area contributed by atoms with Gasteiger partial charge in [-0.3, -0.25) is 4.79 Å². The van der Waals surface area contributed by atoms with E-state index in [1.165, 1.54) is 12.1 Å². The lowest BCUT2D eigenvalue weighted by Crippen LogP contribution is -2.42. The van der Waals surface area contributed by atoms with Gasteiger partial charge in [-0.05, 0) is 25.1 Å². The highest BCUT2D eigenvalue weighted by Gasteiger charge is 2.16. The number of carboxylic acid groups (broad SMARTS) is 1. The Morgan fingerprint density at radius 3 is 2.81 bits per heavy atom. The maximum atomic E-state index is 13.0. The molecular weight excluding hydrogens is 211 g/mol. The van der Waals surface area contributed by atoms with E-state index in [1.54, 1.807) is 17.0 Å². The molecule has 0 saturated heterocycles.